The topological polar surface area (TPSA) is 46.2 Å². The minimum Gasteiger partial charge on any atom is -0.508 e. The van der Waals surface area contributed by atoms with Crippen LogP contribution in [0.3, 0.4) is 0 Å². The molecule has 0 fully saturated rings. The molecule has 1 aromatic rings. The largest absolute Gasteiger partial charge is 0.508 e. The van der Waals surface area contributed by atoms with Gasteiger partial charge < -0.3 is 10.8 Å². The lowest BCUT2D eigenvalue weighted by molar-refractivity contribution is 0.356. The van der Waals surface area contributed by atoms with Gasteiger partial charge in [-0.1, -0.05) is 0 Å². The van der Waals surface area contributed by atoms with Crippen LogP contribution in [0.4, 0.5) is 10.1 Å². The second-order valence-electron chi connectivity index (χ2n) is 2.43. The van der Waals surface area contributed by atoms with Gasteiger partial charge in [0.25, 0.3) is 0 Å². The zero-order valence-corrected chi connectivity index (χ0v) is 6.21. The van der Waals surface area contributed by atoms with Crippen molar-refractivity contribution in [3.63, 3.8) is 0 Å². The van der Waals surface area contributed by atoms with Crippen molar-refractivity contribution in [1.82, 2.24) is 0 Å². The van der Waals surface area contributed by atoms with Gasteiger partial charge in [-0.05, 0) is 25.1 Å². The van der Waals surface area contributed by atoms with Crippen molar-refractivity contribution in [3.05, 3.63) is 23.8 Å². The fourth-order valence-electron chi connectivity index (χ4n) is 0.892. The number of aromatic hydroxyl groups is 1. The molecule has 3 N–H and O–H groups in total. The fraction of sp³-hybridized carbons (Fsp3) is 0.250. The Morgan fingerprint density at radius 2 is 2.18 bits per heavy atom. The van der Waals surface area contributed by atoms with Gasteiger partial charge in [-0.25, -0.2) is 4.39 Å². The van der Waals surface area contributed by atoms with Gasteiger partial charge in [-0.15, -0.1) is 0 Å². The summed E-state index contributed by atoms with van der Waals surface area (Å²) in [7, 11) is 0. The average Bonchev–Trinajstić information content (AvgIpc) is 1.94. The number of rotatable bonds is 1. The van der Waals surface area contributed by atoms with Crippen LogP contribution in [-0.2, 0) is 0 Å². The molecule has 0 heterocycles. The molecule has 1 unspecified atom stereocenters. The van der Waals surface area contributed by atoms with E-state index >= 15 is 0 Å². The highest BCUT2D eigenvalue weighted by atomic mass is 19.1. The molecule has 0 spiro atoms. The van der Waals surface area contributed by atoms with Gasteiger partial charge in [0.05, 0.1) is 0 Å². The molecule has 0 aliphatic heterocycles. The SMILES string of the molecule is CC(F)c1cc(N)ccc1O. The van der Waals surface area contributed by atoms with Crippen LogP contribution in [0.2, 0.25) is 0 Å². The van der Waals surface area contributed by atoms with Crippen molar-refractivity contribution in [3.8, 4) is 5.75 Å². The van der Waals surface area contributed by atoms with Crippen molar-refractivity contribution < 1.29 is 9.50 Å². The minimum atomic E-state index is -1.18. The molecular formula is C8H10FNO. The van der Waals surface area contributed by atoms with Gasteiger partial charge in [0.15, 0.2) is 0 Å². The molecule has 0 bridgehead atoms. The molecule has 0 amide bonds. The van der Waals surface area contributed by atoms with E-state index in [1.54, 1.807) is 0 Å². The zero-order valence-electron chi connectivity index (χ0n) is 6.21. The third-order valence-electron chi connectivity index (χ3n) is 1.48. The minimum absolute atomic E-state index is 0.0470. The Kier molecular flexibility index (Phi) is 1.98. The van der Waals surface area contributed by atoms with Crippen molar-refractivity contribution in [1.29, 1.82) is 0 Å². The number of hydrogen-bond acceptors (Lipinski definition) is 2. The molecule has 0 aliphatic carbocycles. The van der Waals surface area contributed by atoms with E-state index in [0.717, 1.165) is 0 Å². The quantitative estimate of drug-likeness (QED) is 0.481. The molecular weight excluding hydrogens is 145 g/mol. The maximum atomic E-state index is 12.7. The van der Waals surface area contributed by atoms with Crippen LogP contribution < -0.4 is 5.73 Å². The van der Waals surface area contributed by atoms with E-state index in [1.807, 2.05) is 0 Å². The number of benzene rings is 1. The maximum Gasteiger partial charge on any atom is 0.126 e. The molecule has 11 heavy (non-hydrogen) atoms. The molecule has 60 valence electrons. The smallest absolute Gasteiger partial charge is 0.126 e. The highest BCUT2D eigenvalue weighted by Gasteiger charge is 2.07. The summed E-state index contributed by atoms with van der Waals surface area (Å²) in [5.74, 6) is -0.0470. The summed E-state index contributed by atoms with van der Waals surface area (Å²) in [6, 6.07) is 4.35. The molecule has 2 nitrogen and oxygen atoms in total. The molecule has 1 aromatic carbocycles. The number of alkyl halides is 1. The summed E-state index contributed by atoms with van der Waals surface area (Å²) in [5, 5.41) is 9.11. The predicted molar refractivity (Wildman–Crippen MR) is 42.0 cm³/mol. The van der Waals surface area contributed by atoms with E-state index in [9.17, 15) is 4.39 Å². The number of hydrogen-bond donors (Lipinski definition) is 2. The molecule has 1 atom stereocenters. The molecule has 0 saturated heterocycles. The lowest BCUT2D eigenvalue weighted by Gasteiger charge is -2.05. The van der Waals surface area contributed by atoms with Crippen LogP contribution in [0, 0.1) is 0 Å². The first-order valence-corrected chi connectivity index (χ1v) is 3.33. The molecule has 1 rings (SSSR count). The van der Waals surface area contributed by atoms with E-state index in [4.69, 9.17) is 10.8 Å². The Morgan fingerprint density at radius 3 is 2.64 bits per heavy atom. The number of phenols is 1. The van der Waals surface area contributed by atoms with Crippen LogP contribution >= 0.6 is 0 Å². The van der Waals surface area contributed by atoms with Gasteiger partial charge in [-0.2, -0.15) is 0 Å². The first-order chi connectivity index (χ1) is 5.11. The Hall–Kier alpha value is -1.25. The highest BCUT2D eigenvalue weighted by molar-refractivity contribution is 5.47. The van der Waals surface area contributed by atoms with Gasteiger partial charge >= 0.3 is 0 Å². The monoisotopic (exact) mass is 155 g/mol. The Labute approximate surface area is 64.5 Å². The lowest BCUT2D eigenvalue weighted by Crippen LogP contribution is -1.90. The van der Waals surface area contributed by atoms with Crippen LogP contribution in [-0.4, -0.2) is 5.11 Å². The molecule has 0 saturated carbocycles. The van der Waals surface area contributed by atoms with E-state index in [2.05, 4.69) is 0 Å². The first-order valence-electron chi connectivity index (χ1n) is 3.33. The fourth-order valence-corrected chi connectivity index (χ4v) is 0.892. The molecule has 0 aliphatic rings. The third-order valence-corrected chi connectivity index (χ3v) is 1.48. The average molecular weight is 155 g/mol. The summed E-state index contributed by atoms with van der Waals surface area (Å²) in [4.78, 5) is 0. The molecule has 0 radical (unpaired) electrons. The standard InChI is InChI=1S/C8H10FNO/c1-5(9)7-4-6(10)2-3-8(7)11/h2-5,11H,10H2,1H3. The summed E-state index contributed by atoms with van der Waals surface area (Å²) < 4.78 is 12.7. The Morgan fingerprint density at radius 1 is 1.55 bits per heavy atom. The van der Waals surface area contributed by atoms with Crippen molar-refractivity contribution in [2.75, 3.05) is 5.73 Å². The number of nitrogens with two attached hydrogens (primary N) is 1. The van der Waals surface area contributed by atoms with Gasteiger partial charge in [0.2, 0.25) is 0 Å². The zero-order chi connectivity index (χ0) is 8.43. The van der Waals surface area contributed by atoms with Crippen LogP contribution in [0.25, 0.3) is 0 Å². The number of anilines is 1. The van der Waals surface area contributed by atoms with Gasteiger partial charge in [0, 0.05) is 11.3 Å². The predicted octanol–water partition coefficient (Wildman–Crippen LogP) is 2.00. The lowest BCUT2D eigenvalue weighted by atomic mass is 10.1. The van der Waals surface area contributed by atoms with Crippen LogP contribution in [0.15, 0.2) is 18.2 Å². The summed E-state index contributed by atoms with van der Waals surface area (Å²) in [6.07, 6.45) is -1.18. The number of nitrogen functional groups attached to an aromatic ring is 1. The summed E-state index contributed by atoms with van der Waals surface area (Å²) >= 11 is 0. The van der Waals surface area contributed by atoms with E-state index in [0.29, 0.717) is 5.69 Å². The van der Waals surface area contributed by atoms with Crippen LogP contribution in [0.1, 0.15) is 18.7 Å². The van der Waals surface area contributed by atoms with Gasteiger partial charge in [0.1, 0.15) is 11.9 Å². The number of phenolic OH excluding ortho intramolecular Hbond substituents is 1. The summed E-state index contributed by atoms with van der Waals surface area (Å²) in [5.41, 5.74) is 6.09. The molecule has 0 aromatic heterocycles. The maximum absolute atomic E-state index is 12.7. The highest BCUT2D eigenvalue weighted by Crippen LogP contribution is 2.27. The Balaban J connectivity index is 3.13. The van der Waals surface area contributed by atoms with Crippen molar-refractivity contribution in [2.45, 2.75) is 13.1 Å². The first kappa shape index (κ1) is 7.85. The van der Waals surface area contributed by atoms with Gasteiger partial charge in [-0.3, -0.25) is 0 Å². The summed E-state index contributed by atoms with van der Waals surface area (Å²) in [6.45, 7) is 1.36. The van der Waals surface area contributed by atoms with E-state index in [-0.39, 0.29) is 11.3 Å². The second-order valence-corrected chi connectivity index (χ2v) is 2.43. The van der Waals surface area contributed by atoms with E-state index < -0.39 is 6.17 Å². The normalized spacial score (nSPS) is 12.9. The number of halogens is 1. The second kappa shape index (κ2) is 2.78. The third kappa shape index (κ3) is 1.61. The molecule has 3 heteroatoms. The van der Waals surface area contributed by atoms with Crippen molar-refractivity contribution >= 4 is 5.69 Å². The Bertz CT molecular complexity index is 260. The van der Waals surface area contributed by atoms with E-state index in [1.165, 1.54) is 25.1 Å². The van der Waals surface area contributed by atoms with Crippen LogP contribution in [0.5, 0.6) is 5.75 Å². The van der Waals surface area contributed by atoms with Crippen molar-refractivity contribution in [2.24, 2.45) is 0 Å².